The van der Waals surface area contributed by atoms with E-state index < -0.39 is 15.9 Å². The van der Waals surface area contributed by atoms with E-state index in [-0.39, 0.29) is 18.0 Å². The Balaban J connectivity index is 4.70. The third-order valence-corrected chi connectivity index (χ3v) is 14.5. The first kappa shape index (κ1) is 37.0. The molecule has 37 heavy (non-hydrogen) atoms. The Kier molecular flexibility index (Phi) is 23.8. The molecule has 0 bridgehead atoms. The lowest BCUT2D eigenvalue weighted by Gasteiger charge is -2.35. The molecule has 5 nitrogen and oxygen atoms in total. The van der Waals surface area contributed by atoms with E-state index in [2.05, 4.69) is 27.7 Å². The zero-order valence-electron chi connectivity index (χ0n) is 25.6. The molecule has 0 heterocycles. The fourth-order valence-electron chi connectivity index (χ4n) is 5.60. The molecular formula is C30H63O5PSi. The number of carbonyl (C=O) groups is 1. The summed E-state index contributed by atoms with van der Waals surface area (Å²) in [6, 6.07) is 3.48. The summed E-state index contributed by atoms with van der Waals surface area (Å²) in [4.78, 5) is 12.9. The van der Waals surface area contributed by atoms with Crippen LogP contribution in [0.2, 0.25) is 18.1 Å². The Hall–Kier alpha value is -0.00312. The van der Waals surface area contributed by atoms with Crippen LogP contribution >= 0.6 is 7.60 Å². The highest BCUT2D eigenvalue weighted by atomic mass is 31.2. The van der Waals surface area contributed by atoms with Gasteiger partial charge in [-0.1, -0.05) is 130 Å². The van der Waals surface area contributed by atoms with Crippen molar-refractivity contribution in [1.29, 1.82) is 0 Å². The predicted molar refractivity (Wildman–Crippen MR) is 162 cm³/mol. The van der Waals surface area contributed by atoms with Gasteiger partial charge in [-0.25, -0.2) is 0 Å². The molecule has 0 N–H and O–H groups in total. The second kappa shape index (κ2) is 23.8. The van der Waals surface area contributed by atoms with Crippen molar-refractivity contribution in [3.8, 4) is 0 Å². The zero-order valence-corrected chi connectivity index (χ0v) is 27.5. The van der Waals surface area contributed by atoms with Gasteiger partial charge in [-0.15, -0.1) is 0 Å². The van der Waals surface area contributed by atoms with Crippen LogP contribution < -0.4 is 0 Å². The van der Waals surface area contributed by atoms with E-state index >= 15 is 0 Å². The summed E-state index contributed by atoms with van der Waals surface area (Å²) in [6.45, 7) is 9.01. The van der Waals surface area contributed by atoms with Crippen molar-refractivity contribution in [3.63, 3.8) is 0 Å². The van der Waals surface area contributed by atoms with Gasteiger partial charge in [-0.3, -0.25) is 9.36 Å². The average molecular weight is 563 g/mol. The van der Waals surface area contributed by atoms with E-state index in [1.165, 1.54) is 91.3 Å². The van der Waals surface area contributed by atoms with Crippen LogP contribution in [0.3, 0.4) is 0 Å². The Morgan fingerprint density at radius 3 is 1.43 bits per heavy atom. The van der Waals surface area contributed by atoms with Crippen molar-refractivity contribution in [2.45, 2.75) is 168 Å². The van der Waals surface area contributed by atoms with Gasteiger partial charge in [0.05, 0.1) is 6.10 Å². The van der Waals surface area contributed by atoms with Gasteiger partial charge in [-0.2, -0.15) is 0 Å². The Bertz CT molecular complexity index is 561. The first-order chi connectivity index (χ1) is 17.8. The molecule has 0 saturated heterocycles. The molecule has 0 radical (unpaired) electrons. The van der Waals surface area contributed by atoms with Crippen LogP contribution in [-0.4, -0.2) is 40.6 Å². The number of carbonyl (C=O) groups excluding carboxylic acids is 1. The normalized spacial score (nSPS) is 13.2. The molecule has 0 saturated carbocycles. The van der Waals surface area contributed by atoms with Crippen LogP contribution in [0.1, 0.15) is 143 Å². The molecule has 1 atom stereocenters. The molecule has 0 spiro atoms. The topological polar surface area (TPSA) is 61.8 Å². The molecule has 0 fully saturated rings. The maximum absolute atomic E-state index is 12.9. The van der Waals surface area contributed by atoms with Gasteiger partial charge in [0, 0.05) is 20.6 Å². The largest absolute Gasteiger partial charge is 0.413 e. The third kappa shape index (κ3) is 18.8. The molecule has 0 aliphatic carbocycles. The summed E-state index contributed by atoms with van der Waals surface area (Å²) in [6.07, 6.45) is 21.7. The molecule has 0 aromatic carbocycles. The quantitative estimate of drug-likeness (QED) is 0.0539. The van der Waals surface area contributed by atoms with E-state index in [0.717, 1.165) is 50.2 Å². The molecule has 0 rings (SSSR count). The zero-order chi connectivity index (χ0) is 27.8. The predicted octanol–water partition coefficient (Wildman–Crippen LogP) is 10.5. The molecular weight excluding hydrogens is 499 g/mol. The van der Waals surface area contributed by atoms with E-state index in [4.69, 9.17) is 13.5 Å². The standard InChI is InChI=1S/C30H63O5PSi/c1-7-11-12-13-14-15-16-17-18-19-20-21-22-23-30(27-29(31)28-36(32,33-5)34-6)35-37(24-8-2,25-9-3)26-10-4/h30H,7-28H2,1-6H3/t30-/m0/s1. The van der Waals surface area contributed by atoms with Gasteiger partial charge >= 0.3 is 7.60 Å². The summed E-state index contributed by atoms with van der Waals surface area (Å²) in [5.41, 5.74) is 0. The monoisotopic (exact) mass is 562 g/mol. The first-order valence-electron chi connectivity index (χ1n) is 15.7. The van der Waals surface area contributed by atoms with E-state index in [0.29, 0.717) is 6.42 Å². The summed E-state index contributed by atoms with van der Waals surface area (Å²) >= 11 is 0. The van der Waals surface area contributed by atoms with Crippen LogP contribution in [0.25, 0.3) is 0 Å². The highest BCUT2D eigenvalue weighted by Gasteiger charge is 2.36. The maximum atomic E-state index is 12.9. The maximum Gasteiger partial charge on any atom is 0.337 e. The van der Waals surface area contributed by atoms with Gasteiger partial charge in [0.25, 0.3) is 0 Å². The summed E-state index contributed by atoms with van der Waals surface area (Å²) in [5, 5.41) is 0. The minimum Gasteiger partial charge on any atom is -0.413 e. The summed E-state index contributed by atoms with van der Waals surface area (Å²) in [5.74, 6) is -0.0703. The highest BCUT2D eigenvalue weighted by molar-refractivity contribution is 7.54. The second-order valence-electron chi connectivity index (χ2n) is 11.1. The number of hydrogen-bond donors (Lipinski definition) is 0. The lowest BCUT2D eigenvalue weighted by Crippen LogP contribution is -2.42. The molecule has 0 aliphatic heterocycles. The minimum absolute atomic E-state index is 0.0703. The van der Waals surface area contributed by atoms with Crippen LogP contribution in [-0.2, 0) is 22.8 Å². The fraction of sp³-hybridized carbons (Fsp3) is 0.967. The van der Waals surface area contributed by atoms with Gasteiger partial charge in [-0.05, 0) is 24.6 Å². The van der Waals surface area contributed by atoms with E-state index in [1.807, 2.05) is 0 Å². The lowest BCUT2D eigenvalue weighted by atomic mass is 10.0. The fourth-order valence-corrected chi connectivity index (χ4v) is 11.3. The third-order valence-electron chi connectivity index (χ3n) is 7.54. The number of unbranched alkanes of at least 4 members (excludes halogenated alkanes) is 12. The van der Waals surface area contributed by atoms with Crippen molar-refractivity contribution < 1.29 is 22.8 Å². The van der Waals surface area contributed by atoms with Crippen molar-refractivity contribution in [2.24, 2.45) is 0 Å². The van der Waals surface area contributed by atoms with Crippen LogP contribution in [0.15, 0.2) is 0 Å². The van der Waals surface area contributed by atoms with Gasteiger partial charge < -0.3 is 13.5 Å². The second-order valence-corrected chi connectivity index (χ2v) is 17.5. The number of ketones is 1. The van der Waals surface area contributed by atoms with Crippen LogP contribution in [0.5, 0.6) is 0 Å². The number of Topliss-reactive ketones (excluding diaryl/α,β-unsaturated/α-hetero) is 1. The first-order valence-corrected chi connectivity index (χ1v) is 20.0. The Morgan fingerprint density at radius 2 is 1.05 bits per heavy atom. The highest BCUT2D eigenvalue weighted by Crippen LogP contribution is 2.46. The van der Waals surface area contributed by atoms with Gasteiger partial charge in [0.2, 0.25) is 0 Å². The molecule has 0 aromatic rings. The lowest BCUT2D eigenvalue weighted by molar-refractivity contribution is -0.118. The summed E-state index contributed by atoms with van der Waals surface area (Å²) < 4.78 is 29.5. The van der Waals surface area contributed by atoms with Crippen LogP contribution in [0, 0.1) is 0 Å². The van der Waals surface area contributed by atoms with Gasteiger partial charge in [0.1, 0.15) is 11.9 Å². The number of rotatable bonds is 28. The van der Waals surface area contributed by atoms with Crippen molar-refractivity contribution in [3.05, 3.63) is 0 Å². The van der Waals surface area contributed by atoms with Crippen molar-refractivity contribution in [1.82, 2.24) is 0 Å². The molecule has 0 unspecified atom stereocenters. The molecule has 0 aromatic heterocycles. The summed E-state index contributed by atoms with van der Waals surface area (Å²) in [7, 11) is -2.53. The smallest absolute Gasteiger partial charge is 0.337 e. The minimum atomic E-state index is -3.34. The SMILES string of the molecule is CCCCCCCCCCCCCCC[C@@H](CC(=O)CP(=O)(OC)OC)O[Si](CCC)(CCC)CCC. The van der Waals surface area contributed by atoms with Crippen molar-refractivity contribution in [2.75, 3.05) is 20.4 Å². The van der Waals surface area contributed by atoms with Gasteiger partial charge in [0.15, 0.2) is 8.32 Å². The Morgan fingerprint density at radius 1 is 0.649 bits per heavy atom. The molecule has 0 aliphatic rings. The number of hydrogen-bond acceptors (Lipinski definition) is 5. The average Bonchev–Trinajstić information content (AvgIpc) is 2.87. The van der Waals surface area contributed by atoms with Crippen LogP contribution in [0.4, 0.5) is 0 Å². The Labute approximate surface area is 232 Å². The van der Waals surface area contributed by atoms with E-state index in [9.17, 15) is 9.36 Å². The van der Waals surface area contributed by atoms with Crippen molar-refractivity contribution >= 4 is 21.7 Å². The molecule has 7 heteroatoms. The molecule has 0 amide bonds. The van der Waals surface area contributed by atoms with E-state index in [1.54, 1.807) is 0 Å². The molecule has 222 valence electrons.